The van der Waals surface area contributed by atoms with Crippen molar-refractivity contribution in [2.75, 3.05) is 6.61 Å². The average Bonchev–Trinajstić information content (AvgIpc) is 2.39. The monoisotopic (exact) mass is 312 g/mol. The van der Waals surface area contributed by atoms with Crippen LogP contribution >= 0.6 is 15.9 Å². The van der Waals surface area contributed by atoms with Crippen LogP contribution in [0.25, 0.3) is 0 Å². The molecule has 18 heavy (non-hydrogen) atoms. The fourth-order valence-electron chi connectivity index (χ4n) is 2.20. The van der Waals surface area contributed by atoms with Crippen molar-refractivity contribution in [3.8, 4) is 0 Å². The Balaban J connectivity index is 2.03. The van der Waals surface area contributed by atoms with Crippen LogP contribution in [0, 0.1) is 0 Å². The van der Waals surface area contributed by atoms with Crippen LogP contribution in [0.1, 0.15) is 44.2 Å². The summed E-state index contributed by atoms with van der Waals surface area (Å²) < 4.78 is 11.8. The molecule has 0 radical (unpaired) electrons. The average molecular weight is 313 g/mol. The zero-order valence-corrected chi connectivity index (χ0v) is 12.7. The summed E-state index contributed by atoms with van der Waals surface area (Å²) in [4.78, 5) is 0. The largest absolute Gasteiger partial charge is 0.353 e. The molecule has 2 nitrogen and oxygen atoms in total. The van der Waals surface area contributed by atoms with Crippen molar-refractivity contribution in [3.63, 3.8) is 0 Å². The Morgan fingerprint density at radius 3 is 2.56 bits per heavy atom. The molecule has 1 aliphatic rings. The van der Waals surface area contributed by atoms with E-state index in [1.807, 2.05) is 0 Å². The molecule has 2 rings (SSSR count). The topological polar surface area (TPSA) is 18.5 Å². The third kappa shape index (κ3) is 3.56. The third-order valence-electron chi connectivity index (χ3n) is 3.37. The minimum atomic E-state index is -0.299. The van der Waals surface area contributed by atoms with Gasteiger partial charge in [0.25, 0.3) is 0 Å². The smallest absolute Gasteiger partial charge is 0.158 e. The van der Waals surface area contributed by atoms with Gasteiger partial charge in [0.15, 0.2) is 6.29 Å². The summed E-state index contributed by atoms with van der Waals surface area (Å²) in [6.45, 7) is 5.03. The molecular weight excluding hydrogens is 292 g/mol. The normalized spacial score (nSPS) is 20.9. The molecule has 100 valence electrons. The van der Waals surface area contributed by atoms with Gasteiger partial charge in [-0.25, -0.2) is 0 Å². The lowest BCUT2D eigenvalue weighted by atomic mass is 9.97. The lowest BCUT2D eigenvalue weighted by Gasteiger charge is -2.33. The standard InChI is InChI=1S/C15H21BrO2/c1-15(2,18-14-5-3-4-10-17-14)13-8-6-12(11-16)7-9-13/h6-9,14H,3-5,10-11H2,1-2H3. The number of ether oxygens (including phenoxy) is 2. The predicted octanol–water partition coefficient (Wildman–Crippen LogP) is 4.36. The maximum atomic E-state index is 6.10. The van der Waals surface area contributed by atoms with Gasteiger partial charge in [-0.2, -0.15) is 0 Å². The van der Waals surface area contributed by atoms with E-state index in [0.717, 1.165) is 24.8 Å². The SMILES string of the molecule is CC(C)(OC1CCCCO1)c1ccc(CBr)cc1. The van der Waals surface area contributed by atoms with E-state index < -0.39 is 0 Å². The highest BCUT2D eigenvalue weighted by atomic mass is 79.9. The molecule has 0 saturated carbocycles. The molecule has 1 aromatic carbocycles. The van der Waals surface area contributed by atoms with Gasteiger partial charge in [-0.15, -0.1) is 0 Å². The van der Waals surface area contributed by atoms with Crippen molar-refractivity contribution < 1.29 is 9.47 Å². The van der Waals surface area contributed by atoms with Gasteiger partial charge in [0.2, 0.25) is 0 Å². The van der Waals surface area contributed by atoms with Gasteiger partial charge in [-0.3, -0.25) is 0 Å². The molecule has 1 unspecified atom stereocenters. The zero-order chi connectivity index (χ0) is 13.0. The van der Waals surface area contributed by atoms with Crippen LogP contribution in [0.3, 0.4) is 0 Å². The van der Waals surface area contributed by atoms with Crippen LogP contribution in [-0.2, 0) is 20.4 Å². The van der Waals surface area contributed by atoms with E-state index in [9.17, 15) is 0 Å². The Labute approximate surface area is 118 Å². The first-order valence-corrected chi connectivity index (χ1v) is 7.69. The van der Waals surface area contributed by atoms with Crippen molar-refractivity contribution in [1.82, 2.24) is 0 Å². The minimum absolute atomic E-state index is 0.0513. The van der Waals surface area contributed by atoms with Crippen molar-refractivity contribution in [2.24, 2.45) is 0 Å². The van der Waals surface area contributed by atoms with E-state index in [1.165, 1.54) is 17.5 Å². The number of hydrogen-bond acceptors (Lipinski definition) is 2. The van der Waals surface area contributed by atoms with Crippen molar-refractivity contribution >= 4 is 15.9 Å². The van der Waals surface area contributed by atoms with Crippen LogP contribution in [0.5, 0.6) is 0 Å². The van der Waals surface area contributed by atoms with E-state index in [4.69, 9.17) is 9.47 Å². The lowest BCUT2D eigenvalue weighted by Crippen LogP contribution is -2.32. The predicted molar refractivity (Wildman–Crippen MR) is 76.8 cm³/mol. The molecule has 1 aromatic rings. The van der Waals surface area contributed by atoms with Crippen molar-refractivity contribution in [3.05, 3.63) is 35.4 Å². The molecule has 0 N–H and O–H groups in total. The van der Waals surface area contributed by atoms with Crippen LogP contribution < -0.4 is 0 Å². The number of rotatable bonds is 4. The van der Waals surface area contributed by atoms with Gasteiger partial charge >= 0.3 is 0 Å². The Bertz CT molecular complexity index is 367. The number of benzene rings is 1. The fraction of sp³-hybridized carbons (Fsp3) is 0.600. The summed E-state index contributed by atoms with van der Waals surface area (Å²) in [5.74, 6) is 0. The molecule has 1 fully saturated rings. The molecule has 0 aromatic heterocycles. The van der Waals surface area contributed by atoms with Gasteiger partial charge in [0, 0.05) is 11.9 Å². The van der Waals surface area contributed by atoms with E-state index in [-0.39, 0.29) is 11.9 Å². The van der Waals surface area contributed by atoms with Gasteiger partial charge in [0.1, 0.15) is 0 Å². The van der Waals surface area contributed by atoms with Gasteiger partial charge < -0.3 is 9.47 Å². The molecule has 0 aliphatic carbocycles. The lowest BCUT2D eigenvalue weighted by molar-refractivity contribution is -0.219. The van der Waals surface area contributed by atoms with Crippen LogP contribution in [0.4, 0.5) is 0 Å². The summed E-state index contributed by atoms with van der Waals surface area (Å²) in [5.41, 5.74) is 2.18. The van der Waals surface area contributed by atoms with Gasteiger partial charge in [0.05, 0.1) is 5.60 Å². The summed E-state index contributed by atoms with van der Waals surface area (Å²) in [6, 6.07) is 8.55. The Morgan fingerprint density at radius 2 is 2.00 bits per heavy atom. The summed E-state index contributed by atoms with van der Waals surface area (Å²) >= 11 is 3.46. The number of halogens is 1. The highest BCUT2D eigenvalue weighted by molar-refractivity contribution is 9.08. The first-order valence-electron chi connectivity index (χ1n) is 6.56. The van der Waals surface area contributed by atoms with Crippen LogP contribution in [0.2, 0.25) is 0 Å². The maximum Gasteiger partial charge on any atom is 0.158 e. The molecule has 1 heterocycles. The highest BCUT2D eigenvalue weighted by Crippen LogP contribution is 2.29. The Kier molecular flexibility index (Phi) is 4.82. The van der Waals surface area contributed by atoms with Crippen molar-refractivity contribution in [1.29, 1.82) is 0 Å². The quantitative estimate of drug-likeness (QED) is 0.769. The first kappa shape index (κ1) is 14.0. The molecule has 1 atom stereocenters. The summed E-state index contributed by atoms with van der Waals surface area (Å²) in [6.07, 6.45) is 3.30. The summed E-state index contributed by atoms with van der Waals surface area (Å²) in [5, 5.41) is 0.889. The Hall–Kier alpha value is -0.380. The van der Waals surface area contributed by atoms with E-state index in [1.54, 1.807) is 0 Å². The number of hydrogen-bond donors (Lipinski definition) is 0. The van der Waals surface area contributed by atoms with Crippen molar-refractivity contribution in [2.45, 2.75) is 50.3 Å². The molecule has 1 saturated heterocycles. The molecule has 1 aliphatic heterocycles. The fourth-order valence-corrected chi connectivity index (χ4v) is 2.57. The number of alkyl halides is 1. The molecule has 0 amide bonds. The molecule has 0 spiro atoms. The maximum absolute atomic E-state index is 6.10. The zero-order valence-electron chi connectivity index (χ0n) is 11.1. The third-order valence-corrected chi connectivity index (χ3v) is 4.01. The van der Waals surface area contributed by atoms with E-state index >= 15 is 0 Å². The molecule has 0 bridgehead atoms. The van der Waals surface area contributed by atoms with Crippen LogP contribution in [-0.4, -0.2) is 12.9 Å². The highest BCUT2D eigenvalue weighted by Gasteiger charge is 2.27. The van der Waals surface area contributed by atoms with Gasteiger partial charge in [-0.05, 0) is 44.2 Å². The molecule has 3 heteroatoms. The van der Waals surface area contributed by atoms with E-state index in [0.29, 0.717) is 0 Å². The van der Waals surface area contributed by atoms with Gasteiger partial charge in [-0.1, -0.05) is 40.2 Å². The summed E-state index contributed by atoms with van der Waals surface area (Å²) in [7, 11) is 0. The second kappa shape index (κ2) is 6.18. The van der Waals surface area contributed by atoms with E-state index in [2.05, 4.69) is 54.0 Å². The minimum Gasteiger partial charge on any atom is -0.353 e. The second-order valence-electron chi connectivity index (χ2n) is 5.25. The second-order valence-corrected chi connectivity index (χ2v) is 5.82. The first-order chi connectivity index (χ1) is 8.62. The van der Waals surface area contributed by atoms with Crippen LogP contribution in [0.15, 0.2) is 24.3 Å². The molecular formula is C15H21BrO2. The Morgan fingerprint density at radius 1 is 1.28 bits per heavy atom.